The van der Waals surface area contributed by atoms with Crippen molar-refractivity contribution in [2.75, 3.05) is 19.7 Å². The maximum atomic E-state index is 13.4. The number of hydrogen-bond donors (Lipinski definition) is 0. The number of nitrogens with zero attached hydrogens (tertiary/aromatic N) is 4. The fourth-order valence-electron chi connectivity index (χ4n) is 4.42. The van der Waals surface area contributed by atoms with Crippen LogP contribution < -0.4 is 5.76 Å². The van der Waals surface area contributed by atoms with E-state index >= 15 is 0 Å². The van der Waals surface area contributed by atoms with E-state index in [-0.39, 0.29) is 17.0 Å². The zero-order chi connectivity index (χ0) is 21.1. The van der Waals surface area contributed by atoms with Crippen LogP contribution in [0.3, 0.4) is 0 Å². The molecule has 0 radical (unpaired) electrons. The first-order valence-electron chi connectivity index (χ1n) is 9.87. The summed E-state index contributed by atoms with van der Waals surface area (Å²) in [6.45, 7) is 2.91. The Kier molecular flexibility index (Phi) is 4.35. The summed E-state index contributed by atoms with van der Waals surface area (Å²) < 4.78 is 41.0. The molecule has 2 aliphatic heterocycles. The standard InChI is InChI=1S/C20H22N4O5S/c1-13-21-11-14-6-9-28-20(18(14)22-13)7-3-8-24(12-20)30(26,27)15-4-5-16-17(10-15)29-19(25)23(16)2/h4-5,10-11H,3,6-9,12H2,1-2H3. The molecule has 1 aromatic carbocycles. The first-order valence-corrected chi connectivity index (χ1v) is 11.3. The molecule has 0 aliphatic carbocycles. The molecule has 1 atom stereocenters. The van der Waals surface area contributed by atoms with Gasteiger partial charge < -0.3 is 9.15 Å². The van der Waals surface area contributed by atoms with Crippen molar-refractivity contribution in [3.8, 4) is 0 Å². The summed E-state index contributed by atoms with van der Waals surface area (Å²) >= 11 is 0. The number of ether oxygens (including phenoxy) is 1. The number of benzene rings is 1. The van der Waals surface area contributed by atoms with Gasteiger partial charge in [0.25, 0.3) is 0 Å². The summed E-state index contributed by atoms with van der Waals surface area (Å²) in [4.78, 5) is 20.8. The van der Waals surface area contributed by atoms with Gasteiger partial charge >= 0.3 is 5.76 Å². The van der Waals surface area contributed by atoms with Gasteiger partial charge in [0.2, 0.25) is 10.0 Å². The molecule has 3 aromatic rings. The van der Waals surface area contributed by atoms with Crippen molar-refractivity contribution in [1.29, 1.82) is 0 Å². The van der Waals surface area contributed by atoms with Gasteiger partial charge in [-0.1, -0.05) is 0 Å². The van der Waals surface area contributed by atoms with E-state index in [1.54, 1.807) is 13.1 Å². The van der Waals surface area contributed by atoms with Crippen LogP contribution in [-0.2, 0) is 33.8 Å². The topological polar surface area (TPSA) is 108 Å². The lowest BCUT2D eigenvalue weighted by Gasteiger charge is -2.44. The summed E-state index contributed by atoms with van der Waals surface area (Å²) in [5.41, 5.74) is 1.84. The van der Waals surface area contributed by atoms with Crippen LogP contribution in [0.5, 0.6) is 0 Å². The Balaban J connectivity index is 1.54. The number of piperidine rings is 1. The van der Waals surface area contributed by atoms with Crippen LogP contribution in [0.2, 0.25) is 0 Å². The second-order valence-electron chi connectivity index (χ2n) is 7.88. The Labute approximate surface area is 173 Å². The minimum atomic E-state index is -3.81. The highest BCUT2D eigenvalue weighted by molar-refractivity contribution is 7.89. The lowest BCUT2D eigenvalue weighted by molar-refractivity contribution is -0.0935. The molecule has 4 heterocycles. The molecular formula is C20H22N4O5S. The zero-order valence-corrected chi connectivity index (χ0v) is 17.6. The second kappa shape index (κ2) is 6.73. The SMILES string of the molecule is Cc1ncc2c(n1)C1(CCCN(S(=O)(=O)c3ccc4c(c3)oc(=O)n4C)C1)OCC2. The van der Waals surface area contributed by atoms with Gasteiger partial charge in [-0.25, -0.2) is 23.2 Å². The van der Waals surface area contributed by atoms with E-state index in [0.29, 0.717) is 43.8 Å². The summed E-state index contributed by atoms with van der Waals surface area (Å²) in [7, 11) is -2.22. The van der Waals surface area contributed by atoms with Crippen molar-refractivity contribution in [1.82, 2.24) is 18.8 Å². The van der Waals surface area contributed by atoms with Gasteiger partial charge in [0.05, 0.1) is 22.7 Å². The maximum absolute atomic E-state index is 13.4. The lowest BCUT2D eigenvalue weighted by atomic mass is 9.85. The molecule has 158 valence electrons. The van der Waals surface area contributed by atoms with E-state index in [4.69, 9.17) is 9.15 Å². The number of hydrogen-bond acceptors (Lipinski definition) is 7. The molecule has 1 saturated heterocycles. The van der Waals surface area contributed by atoms with Crippen LogP contribution in [0.4, 0.5) is 0 Å². The molecule has 30 heavy (non-hydrogen) atoms. The molecule has 1 spiro atoms. The predicted molar refractivity (Wildman–Crippen MR) is 108 cm³/mol. The van der Waals surface area contributed by atoms with Gasteiger partial charge in [0.1, 0.15) is 11.4 Å². The largest absolute Gasteiger partial charge is 0.419 e. The van der Waals surface area contributed by atoms with Crippen molar-refractivity contribution in [2.45, 2.75) is 36.7 Å². The Bertz CT molecular complexity index is 1310. The molecule has 2 aliphatic rings. The number of oxazole rings is 1. The van der Waals surface area contributed by atoms with Gasteiger partial charge in [-0.2, -0.15) is 4.31 Å². The van der Waals surface area contributed by atoms with Crippen molar-refractivity contribution >= 4 is 21.1 Å². The van der Waals surface area contributed by atoms with E-state index in [2.05, 4.69) is 9.97 Å². The third-order valence-electron chi connectivity index (χ3n) is 5.99. The fraction of sp³-hybridized carbons (Fsp3) is 0.450. The molecule has 0 amide bonds. The molecule has 5 rings (SSSR count). The van der Waals surface area contributed by atoms with Gasteiger partial charge in [0, 0.05) is 32.4 Å². The van der Waals surface area contributed by atoms with E-state index in [9.17, 15) is 13.2 Å². The van der Waals surface area contributed by atoms with Crippen LogP contribution in [0.15, 0.2) is 38.5 Å². The molecule has 2 aromatic heterocycles. The number of sulfonamides is 1. The minimum Gasteiger partial charge on any atom is -0.408 e. The lowest BCUT2D eigenvalue weighted by Crippen LogP contribution is -2.52. The van der Waals surface area contributed by atoms with Gasteiger partial charge in [-0.05, 0) is 43.9 Å². The van der Waals surface area contributed by atoms with Crippen molar-refractivity contribution < 1.29 is 17.6 Å². The molecular weight excluding hydrogens is 408 g/mol. The first-order chi connectivity index (χ1) is 14.3. The van der Waals surface area contributed by atoms with Crippen LogP contribution in [0, 0.1) is 6.92 Å². The predicted octanol–water partition coefficient (Wildman–Crippen LogP) is 1.48. The second-order valence-corrected chi connectivity index (χ2v) is 9.82. The van der Waals surface area contributed by atoms with Gasteiger partial charge in [-0.15, -0.1) is 0 Å². The summed E-state index contributed by atoms with van der Waals surface area (Å²) in [6, 6.07) is 4.51. The fourth-order valence-corrected chi connectivity index (χ4v) is 5.96. The summed E-state index contributed by atoms with van der Waals surface area (Å²) in [5, 5.41) is 0. The average molecular weight is 430 g/mol. The van der Waals surface area contributed by atoms with Gasteiger partial charge in [-0.3, -0.25) is 4.57 Å². The highest BCUT2D eigenvalue weighted by Gasteiger charge is 2.46. The molecule has 1 fully saturated rings. The van der Waals surface area contributed by atoms with E-state index < -0.39 is 21.4 Å². The zero-order valence-electron chi connectivity index (χ0n) is 16.8. The molecule has 9 nitrogen and oxygen atoms in total. The van der Waals surface area contributed by atoms with Gasteiger partial charge in [0.15, 0.2) is 5.58 Å². The van der Waals surface area contributed by atoms with E-state index in [0.717, 1.165) is 11.3 Å². The molecule has 1 unspecified atom stereocenters. The highest BCUT2D eigenvalue weighted by Crippen LogP contribution is 2.40. The average Bonchev–Trinajstić information content (AvgIpc) is 3.02. The van der Waals surface area contributed by atoms with Crippen LogP contribution in [0.25, 0.3) is 11.1 Å². The Morgan fingerprint density at radius 1 is 1.27 bits per heavy atom. The Hall–Kier alpha value is -2.56. The smallest absolute Gasteiger partial charge is 0.408 e. The summed E-state index contributed by atoms with van der Waals surface area (Å²) in [5.74, 6) is 0.113. The van der Waals surface area contributed by atoms with Crippen molar-refractivity contribution in [2.24, 2.45) is 7.05 Å². The molecule has 10 heteroatoms. The highest BCUT2D eigenvalue weighted by atomic mass is 32.2. The van der Waals surface area contributed by atoms with Crippen molar-refractivity contribution in [3.05, 3.63) is 52.0 Å². The van der Waals surface area contributed by atoms with E-state index in [1.165, 1.54) is 21.0 Å². The number of rotatable bonds is 2. The van der Waals surface area contributed by atoms with Crippen LogP contribution in [0.1, 0.15) is 29.9 Å². The minimum absolute atomic E-state index is 0.0938. The normalized spacial score (nSPS) is 22.5. The van der Waals surface area contributed by atoms with Crippen molar-refractivity contribution in [3.63, 3.8) is 0 Å². The summed E-state index contributed by atoms with van der Waals surface area (Å²) in [6.07, 6.45) is 3.90. The Morgan fingerprint density at radius 3 is 2.93 bits per heavy atom. The third kappa shape index (κ3) is 2.90. The number of aromatic nitrogens is 3. The molecule has 0 bridgehead atoms. The Morgan fingerprint density at radius 2 is 2.10 bits per heavy atom. The molecule has 0 saturated carbocycles. The number of fused-ring (bicyclic) bond motifs is 3. The van der Waals surface area contributed by atoms with Crippen LogP contribution in [-0.4, -0.2) is 47.0 Å². The first kappa shape index (κ1) is 19.4. The monoisotopic (exact) mass is 430 g/mol. The quantitative estimate of drug-likeness (QED) is 0.606. The third-order valence-corrected chi connectivity index (χ3v) is 7.83. The van der Waals surface area contributed by atoms with Crippen LogP contribution >= 0.6 is 0 Å². The van der Waals surface area contributed by atoms with E-state index in [1.807, 2.05) is 13.1 Å². The maximum Gasteiger partial charge on any atom is 0.419 e. The molecule has 0 N–H and O–H groups in total. The number of aryl methyl sites for hydroxylation is 2.